The molecule has 0 aliphatic carbocycles. The summed E-state index contributed by atoms with van der Waals surface area (Å²) >= 11 is 0. The van der Waals surface area contributed by atoms with Gasteiger partial charge >= 0.3 is 29.6 Å². The molecule has 0 aliphatic rings. The first-order valence-electron chi connectivity index (χ1n) is 4.07. The SMILES string of the molecule is CC(=O)C(C(C)=O)=C(C(C)=O)C(C)=O.N.N.[Na+]. The van der Waals surface area contributed by atoms with Crippen LogP contribution in [0.4, 0.5) is 0 Å². The summed E-state index contributed by atoms with van der Waals surface area (Å²) in [5.41, 5.74) is -0.602. The zero-order valence-electron chi connectivity index (χ0n) is 11.0. The summed E-state index contributed by atoms with van der Waals surface area (Å²) in [6.07, 6.45) is 0. The van der Waals surface area contributed by atoms with Crippen molar-refractivity contribution >= 4 is 23.1 Å². The van der Waals surface area contributed by atoms with Crippen LogP contribution in [-0.2, 0) is 19.2 Å². The predicted molar refractivity (Wildman–Crippen MR) is 59.8 cm³/mol. The Bertz CT molecular complexity index is 295. The molecule has 0 amide bonds. The molecule has 6 N–H and O–H groups in total. The van der Waals surface area contributed by atoms with Crippen molar-refractivity contribution in [3.05, 3.63) is 11.1 Å². The van der Waals surface area contributed by atoms with Crippen molar-refractivity contribution < 1.29 is 48.7 Å². The van der Waals surface area contributed by atoms with E-state index in [1.807, 2.05) is 0 Å². The Morgan fingerprint density at radius 2 is 0.647 bits per heavy atom. The van der Waals surface area contributed by atoms with Crippen molar-refractivity contribution in [2.24, 2.45) is 0 Å². The molecule has 0 fully saturated rings. The van der Waals surface area contributed by atoms with E-state index in [-0.39, 0.29) is 53.0 Å². The van der Waals surface area contributed by atoms with Gasteiger partial charge in [0.2, 0.25) is 0 Å². The maximum atomic E-state index is 11.1. The van der Waals surface area contributed by atoms with Gasteiger partial charge in [0.25, 0.3) is 0 Å². The Hall–Kier alpha value is -0.660. The summed E-state index contributed by atoms with van der Waals surface area (Å²) < 4.78 is 0. The van der Waals surface area contributed by atoms with E-state index in [1.165, 1.54) is 0 Å². The Balaban J connectivity index is -0.000000282. The first kappa shape index (κ1) is 25.3. The smallest absolute Gasteiger partial charge is 0.344 e. The molecule has 0 atom stereocenters. The summed E-state index contributed by atoms with van der Waals surface area (Å²) in [7, 11) is 0. The van der Waals surface area contributed by atoms with Crippen LogP contribution in [0.2, 0.25) is 0 Å². The molecule has 0 radical (unpaired) electrons. The van der Waals surface area contributed by atoms with E-state index in [0.717, 1.165) is 27.7 Å². The van der Waals surface area contributed by atoms with Crippen molar-refractivity contribution in [1.82, 2.24) is 12.3 Å². The van der Waals surface area contributed by atoms with Crippen LogP contribution < -0.4 is 41.9 Å². The number of allylic oxidation sites excluding steroid dienone is 2. The molecule has 0 bridgehead atoms. The van der Waals surface area contributed by atoms with Gasteiger partial charge in [0.1, 0.15) is 0 Å². The topological polar surface area (TPSA) is 138 Å². The van der Waals surface area contributed by atoms with E-state index in [2.05, 4.69) is 0 Å². The van der Waals surface area contributed by atoms with Crippen LogP contribution in [0.5, 0.6) is 0 Å². The molecule has 17 heavy (non-hydrogen) atoms. The first-order valence-corrected chi connectivity index (χ1v) is 4.07. The molecule has 0 aliphatic heterocycles. The Kier molecular flexibility index (Phi) is 15.6. The van der Waals surface area contributed by atoms with Gasteiger partial charge < -0.3 is 12.3 Å². The standard InChI is InChI=1S/C10H12O4.2H3N.Na/c1-5(11)9(6(2)12)10(7(3)13)8(4)14;;;/h1-4H3;2*1H3;/q;;;+1. The van der Waals surface area contributed by atoms with Crippen molar-refractivity contribution in [2.75, 3.05) is 0 Å². The zero-order chi connectivity index (χ0) is 11.5. The quantitative estimate of drug-likeness (QED) is 0.256. The minimum atomic E-state index is -0.557. The number of hydrogen-bond acceptors (Lipinski definition) is 6. The third-order valence-electron chi connectivity index (χ3n) is 1.66. The molecular formula is C10H18N2NaO4+. The van der Waals surface area contributed by atoms with Crippen LogP contribution >= 0.6 is 0 Å². The molecule has 7 heteroatoms. The minimum Gasteiger partial charge on any atom is -0.344 e. The summed E-state index contributed by atoms with van der Waals surface area (Å²) in [6, 6.07) is 0. The number of ketones is 4. The molecule has 0 spiro atoms. The largest absolute Gasteiger partial charge is 1.00 e. The molecule has 0 rings (SSSR count). The third kappa shape index (κ3) is 7.30. The van der Waals surface area contributed by atoms with E-state index in [0.29, 0.717) is 0 Å². The number of carbonyl (C=O) groups excluding carboxylic acids is 4. The molecule has 0 saturated carbocycles. The normalized spacial score (nSPS) is 7.53. The molecule has 0 saturated heterocycles. The molecule has 0 heterocycles. The van der Waals surface area contributed by atoms with E-state index >= 15 is 0 Å². The summed E-state index contributed by atoms with van der Waals surface area (Å²) in [6.45, 7) is 4.62. The van der Waals surface area contributed by atoms with Gasteiger partial charge in [0, 0.05) is 0 Å². The third-order valence-corrected chi connectivity index (χ3v) is 1.66. The maximum absolute atomic E-state index is 11.1. The summed E-state index contributed by atoms with van der Waals surface area (Å²) in [5.74, 6) is -2.23. The fourth-order valence-corrected chi connectivity index (χ4v) is 1.20. The van der Waals surface area contributed by atoms with Crippen molar-refractivity contribution in [1.29, 1.82) is 0 Å². The molecule has 6 nitrogen and oxygen atoms in total. The second-order valence-electron chi connectivity index (χ2n) is 2.97. The Morgan fingerprint density at radius 1 is 0.529 bits per heavy atom. The van der Waals surface area contributed by atoms with Crippen LogP contribution in [0.3, 0.4) is 0 Å². The van der Waals surface area contributed by atoms with E-state index in [9.17, 15) is 19.2 Å². The summed E-state index contributed by atoms with van der Waals surface area (Å²) in [5, 5.41) is 0. The molecule has 92 valence electrons. The fraction of sp³-hybridized carbons (Fsp3) is 0.400. The number of rotatable bonds is 4. The van der Waals surface area contributed by atoms with Gasteiger partial charge in [0.15, 0.2) is 23.1 Å². The second kappa shape index (κ2) is 10.5. The molecule has 0 aromatic rings. The van der Waals surface area contributed by atoms with Crippen molar-refractivity contribution in [3.63, 3.8) is 0 Å². The van der Waals surface area contributed by atoms with Crippen molar-refractivity contribution in [3.8, 4) is 0 Å². The molecule has 0 unspecified atom stereocenters. The first-order chi connectivity index (χ1) is 6.29. The Morgan fingerprint density at radius 3 is 0.706 bits per heavy atom. The van der Waals surface area contributed by atoms with Gasteiger partial charge in [-0.1, -0.05) is 0 Å². The average Bonchev–Trinajstić information content (AvgIpc) is 1.96. The zero-order valence-corrected chi connectivity index (χ0v) is 13.0. The van der Waals surface area contributed by atoms with Gasteiger partial charge in [-0.2, -0.15) is 0 Å². The average molecular weight is 253 g/mol. The van der Waals surface area contributed by atoms with E-state index < -0.39 is 23.1 Å². The molecule has 0 aromatic heterocycles. The second-order valence-corrected chi connectivity index (χ2v) is 2.97. The molecular weight excluding hydrogens is 235 g/mol. The van der Waals surface area contributed by atoms with E-state index in [1.54, 1.807) is 0 Å². The number of carbonyl (C=O) groups is 4. The molecule has 0 aromatic carbocycles. The van der Waals surface area contributed by atoms with Crippen LogP contribution in [0.15, 0.2) is 11.1 Å². The van der Waals surface area contributed by atoms with Crippen LogP contribution in [0.25, 0.3) is 0 Å². The fourth-order valence-electron chi connectivity index (χ4n) is 1.20. The van der Waals surface area contributed by atoms with Gasteiger partial charge in [-0.15, -0.1) is 0 Å². The van der Waals surface area contributed by atoms with Gasteiger partial charge in [-0.25, -0.2) is 0 Å². The van der Waals surface area contributed by atoms with Gasteiger partial charge in [-0.3, -0.25) is 19.2 Å². The predicted octanol–water partition coefficient (Wildman–Crippen LogP) is -2.03. The minimum absolute atomic E-state index is 0. The Labute approximate surface area is 123 Å². The maximum Gasteiger partial charge on any atom is 1.00 e. The van der Waals surface area contributed by atoms with Crippen LogP contribution in [0.1, 0.15) is 27.7 Å². The number of Topliss-reactive ketones (excluding diaryl/α,β-unsaturated/α-hetero) is 4. The van der Waals surface area contributed by atoms with Crippen LogP contribution in [-0.4, -0.2) is 23.1 Å². The van der Waals surface area contributed by atoms with Gasteiger partial charge in [0.05, 0.1) is 11.1 Å². The monoisotopic (exact) mass is 253 g/mol. The van der Waals surface area contributed by atoms with Crippen molar-refractivity contribution in [2.45, 2.75) is 27.7 Å². The van der Waals surface area contributed by atoms with E-state index in [4.69, 9.17) is 0 Å². The van der Waals surface area contributed by atoms with Gasteiger partial charge in [-0.05, 0) is 27.7 Å². The van der Waals surface area contributed by atoms with Crippen LogP contribution in [0, 0.1) is 0 Å². The summed E-state index contributed by atoms with van der Waals surface area (Å²) in [4.78, 5) is 44.2. The number of hydrogen-bond donors (Lipinski definition) is 2.